The first kappa shape index (κ1) is 21.1. The number of rotatable bonds is 5. The minimum absolute atomic E-state index is 0.0429. The number of piperidine rings is 1. The van der Waals surface area contributed by atoms with Gasteiger partial charge in [-0.25, -0.2) is 4.68 Å². The lowest BCUT2D eigenvalue weighted by molar-refractivity contribution is 0.0697. The number of hydrogen-bond donors (Lipinski definition) is 1. The fourth-order valence-electron chi connectivity index (χ4n) is 3.93. The van der Waals surface area contributed by atoms with E-state index in [-0.39, 0.29) is 23.6 Å². The Labute approximate surface area is 194 Å². The second kappa shape index (κ2) is 8.99. The molecule has 0 bridgehead atoms. The molecule has 1 aliphatic rings. The highest BCUT2D eigenvalue weighted by Crippen LogP contribution is 2.25. The number of carbonyl (C=O) groups is 2. The summed E-state index contributed by atoms with van der Waals surface area (Å²) in [7, 11) is 0. The van der Waals surface area contributed by atoms with Crippen molar-refractivity contribution < 1.29 is 18.4 Å². The van der Waals surface area contributed by atoms with Gasteiger partial charge in [-0.15, -0.1) is 0 Å². The lowest BCUT2D eigenvalue weighted by Crippen LogP contribution is -2.46. The van der Waals surface area contributed by atoms with Gasteiger partial charge in [-0.2, -0.15) is 5.10 Å². The van der Waals surface area contributed by atoms with Gasteiger partial charge in [0.25, 0.3) is 11.8 Å². The van der Waals surface area contributed by atoms with Crippen molar-refractivity contribution in [3.05, 3.63) is 83.6 Å². The summed E-state index contributed by atoms with van der Waals surface area (Å²) < 4.78 is 12.2. The topological polar surface area (TPSA) is 93.5 Å². The maximum Gasteiger partial charge on any atom is 0.272 e. The smallest absolute Gasteiger partial charge is 0.272 e. The number of halogens is 1. The van der Waals surface area contributed by atoms with Gasteiger partial charge in [-0.05, 0) is 55.3 Å². The van der Waals surface area contributed by atoms with E-state index >= 15 is 0 Å². The molecule has 0 unspecified atom stereocenters. The molecule has 3 aromatic heterocycles. The summed E-state index contributed by atoms with van der Waals surface area (Å²) in [5.41, 5.74) is 2.24. The van der Waals surface area contributed by atoms with Crippen molar-refractivity contribution in [2.24, 2.45) is 0 Å². The van der Waals surface area contributed by atoms with E-state index in [2.05, 4.69) is 10.4 Å². The van der Waals surface area contributed by atoms with Crippen molar-refractivity contribution in [3.63, 3.8) is 0 Å². The zero-order valence-corrected chi connectivity index (χ0v) is 18.4. The van der Waals surface area contributed by atoms with Crippen molar-refractivity contribution >= 4 is 23.4 Å². The van der Waals surface area contributed by atoms with Crippen LogP contribution in [0.5, 0.6) is 0 Å². The number of nitrogens with one attached hydrogen (secondary N) is 1. The summed E-state index contributed by atoms with van der Waals surface area (Å²) in [6.07, 6.45) is 5.84. The van der Waals surface area contributed by atoms with Crippen molar-refractivity contribution in [2.45, 2.75) is 18.9 Å². The Morgan fingerprint density at radius 1 is 1.06 bits per heavy atom. The molecule has 8 nitrogen and oxygen atoms in total. The third kappa shape index (κ3) is 4.42. The van der Waals surface area contributed by atoms with E-state index in [1.54, 1.807) is 46.2 Å². The van der Waals surface area contributed by atoms with E-state index in [4.69, 9.17) is 20.4 Å². The van der Waals surface area contributed by atoms with Crippen molar-refractivity contribution in [1.82, 2.24) is 20.0 Å². The summed E-state index contributed by atoms with van der Waals surface area (Å²) >= 11 is 6.02. The van der Waals surface area contributed by atoms with Crippen LogP contribution in [-0.4, -0.2) is 45.6 Å². The van der Waals surface area contributed by atoms with Crippen LogP contribution < -0.4 is 5.32 Å². The van der Waals surface area contributed by atoms with E-state index in [9.17, 15) is 9.59 Å². The molecule has 168 valence electrons. The minimum atomic E-state index is -0.268. The summed E-state index contributed by atoms with van der Waals surface area (Å²) in [6, 6.07) is 14.1. The molecule has 0 spiro atoms. The average Bonchev–Trinajstić information content (AvgIpc) is 3.61. The Morgan fingerprint density at radius 2 is 1.85 bits per heavy atom. The number of nitrogens with zero attached hydrogens (tertiary/aromatic N) is 3. The molecule has 1 fully saturated rings. The van der Waals surface area contributed by atoms with E-state index in [0.29, 0.717) is 48.0 Å². The van der Waals surface area contributed by atoms with Crippen molar-refractivity contribution in [1.29, 1.82) is 0 Å². The number of likely N-dealkylation sites (tertiary alicyclic amines) is 1. The van der Waals surface area contributed by atoms with E-state index in [1.807, 2.05) is 18.2 Å². The average molecular weight is 465 g/mol. The fourth-order valence-corrected chi connectivity index (χ4v) is 4.05. The van der Waals surface area contributed by atoms with Crippen LogP contribution in [0.1, 0.15) is 33.7 Å². The number of benzene rings is 1. The van der Waals surface area contributed by atoms with E-state index < -0.39 is 0 Å². The van der Waals surface area contributed by atoms with Gasteiger partial charge in [0, 0.05) is 30.2 Å². The Balaban J connectivity index is 1.30. The number of hydrogen-bond acceptors (Lipinski definition) is 5. The molecular weight excluding hydrogens is 444 g/mol. The standard InChI is InChI=1S/C24H21ClN4O4/c25-17-3-5-19(6-4-17)29-21(22-2-1-12-33-22)14-20(27-29)23(30)26-18-7-10-28(11-8-18)24(31)16-9-13-32-15-16/h1-6,9,12-15,18H,7-8,10-11H2,(H,26,30). The number of amides is 2. The molecule has 0 atom stereocenters. The second-order valence-electron chi connectivity index (χ2n) is 7.83. The van der Waals surface area contributed by atoms with Crippen LogP contribution in [0.15, 0.2) is 76.2 Å². The van der Waals surface area contributed by atoms with E-state index in [0.717, 1.165) is 5.69 Å². The van der Waals surface area contributed by atoms with Crippen LogP contribution in [0.2, 0.25) is 5.02 Å². The molecular formula is C24H21ClN4O4. The molecule has 33 heavy (non-hydrogen) atoms. The Kier molecular flexibility index (Phi) is 5.75. The number of furan rings is 2. The highest BCUT2D eigenvalue weighted by molar-refractivity contribution is 6.30. The van der Waals surface area contributed by atoms with Crippen LogP contribution in [0.3, 0.4) is 0 Å². The molecule has 1 N–H and O–H groups in total. The molecule has 4 heterocycles. The highest BCUT2D eigenvalue weighted by Gasteiger charge is 2.26. The van der Waals surface area contributed by atoms with Gasteiger partial charge >= 0.3 is 0 Å². The summed E-state index contributed by atoms with van der Waals surface area (Å²) in [5.74, 6) is 0.274. The number of carbonyl (C=O) groups excluding carboxylic acids is 2. The molecule has 5 rings (SSSR count). The summed E-state index contributed by atoms with van der Waals surface area (Å²) in [6.45, 7) is 1.12. The van der Waals surface area contributed by atoms with Gasteiger partial charge in [0.15, 0.2) is 11.5 Å². The SMILES string of the molecule is O=C(NC1CCN(C(=O)c2ccoc2)CC1)c1cc(-c2ccco2)n(-c2ccc(Cl)cc2)n1. The van der Waals surface area contributed by atoms with Crippen LogP contribution in [0, 0.1) is 0 Å². The Hall–Kier alpha value is -3.78. The van der Waals surface area contributed by atoms with Crippen LogP contribution in [-0.2, 0) is 0 Å². The first-order valence-corrected chi connectivity index (χ1v) is 11.0. The molecule has 2 amide bonds. The monoisotopic (exact) mass is 464 g/mol. The van der Waals surface area contributed by atoms with Crippen LogP contribution in [0.25, 0.3) is 17.1 Å². The molecule has 0 radical (unpaired) electrons. The lowest BCUT2D eigenvalue weighted by Gasteiger charge is -2.32. The summed E-state index contributed by atoms with van der Waals surface area (Å²) in [5, 5.41) is 8.20. The third-order valence-electron chi connectivity index (χ3n) is 5.67. The normalized spacial score (nSPS) is 14.4. The van der Waals surface area contributed by atoms with Crippen LogP contribution >= 0.6 is 11.6 Å². The van der Waals surface area contributed by atoms with Gasteiger partial charge < -0.3 is 19.1 Å². The fraction of sp³-hybridized carbons (Fsp3) is 0.208. The molecule has 0 saturated carbocycles. The summed E-state index contributed by atoms with van der Waals surface area (Å²) in [4.78, 5) is 27.2. The molecule has 1 aromatic carbocycles. The largest absolute Gasteiger partial charge is 0.472 e. The molecule has 9 heteroatoms. The van der Waals surface area contributed by atoms with Gasteiger partial charge in [0.05, 0.1) is 23.8 Å². The first-order valence-electron chi connectivity index (χ1n) is 10.6. The molecule has 0 aliphatic carbocycles. The predicted molar refractivity (Wildman–Crippen MR) is 121 cm³/mol. The first-order chi connectivity index (χ1) is 16.1. The maximum atomic E-state index is 13.0. The Morgan fingerprint density at radius 3 is 2.52 bits per heavy atom. The Bertz CT molecular complexity index is 1240. The van der Waals surface area contributed by atoms with E-state index in [1.165, 1.54) is 12.5 Å². The lowest BCUT2D eigenvalue weighted by atomic mass is 10.0. The zero-order chi connectivity index (χ0) is 22.8. The molecule has 1 aliphatic heterocycles. The third-order valence-corrected chi connectivity index (χ3v) is 5.92. The van der Waals surface area contributed by atoms with Crippen LogP contribution in [0.4, 0.5) is 0 Å². The van der Waals surface area contributed by atoms with Gasteiger partial charge in [0.2, 0.25) is 0 Å². The van der Waals surface area contributed by atoms with Crippen molar-refractivity contribution in [3.8, 4) is 17.1 Å². The molecule has 4 aromatic rings. The quantitative estimate of drug-likeness (QED) is 0.472. The maximum absolute atomic E-state index is 13.0. The number of aromatic nitrogens is 2. The van der Waals surface area contributed by atoms with Crippen molar-refractivity contribution in [2.75, 3.05) is 13.1 Å². The van der Waals surface area contributed by atoms with Gasteiger partial charge in [0.1, 0.15) is 12.0 Å². The minimum Gasteiger partial charge on any atom is -0.472 e. The second-order valence-corrected chi connectivity index (χ2v) is 8.27. The predicted octanol–water partition coefficient (Wildman–Crippen LogP) is 4.41. The van der Waals surface area contributed by atoms with Gasteiger partial charge in [-0.3, -0.25) is 9.59 Å². The zero-order valence-electron chi connectivity index (χ0n) is 17.6. The van der Waals surface area contributed by atoms with Gasteiger partial charge in [-0.1, -0.05) is 11.6 Å². The highest BCUT2D eigenvalue weighted by atomic mass is 35.5. The molecule has 1 saturated heterocycles.